The van der Waals surface area contributed by atoms with Gasteiger partial charge in [0, 0.05) is 17.9 Å². The molecule has 4 N–H and O–H groups in total. The molecule has 5 nitrogen and oxygen atoms in total. The van der Waals surface area contributed by atoms with E-state index in [4.69, 9.17) is 23.7 Å². The van der Waals surface area contributed by atoms with Crippen molar-refractivity contribution in [2.75, 3.05) is 11.4 Å². The van der Waals surface area contributed by atoms with E-state index in [2.05, 4.69) is 4.98 Å². The molecule has 1 aliphatic rings. The summed E-state index contributed by atoms with van der Waals surface area (Å²) < 4.78 is 0. The predicted octanol–water partition coefficient (Wildman–Crippen LogP) is 1.18. The molecule has 0 aromatic carbocycles. The first-order valence-corrected chi connectivity index (χ1v) is 7.16. The Kier molecular flexibility index (Phi) is 4.23. The van der Waals surface area contributed by atoms with Gasteiger partial charge in [0.2, 0.25) is 5.91 Å². The summed E-state index contributed by atoms with van der Waals surface area (Å²) in [6, 6.07) is 1.64. The third-order valence-electron chi connectivity index (χ3n) is 3.69. The molecule has 0 saturated carbocycles. The average Bonchev–Trinajstić information content (AvgIpc) is 2.37. The number of thiocarbonyl (C=S) groups is 1. The molecule has 108 valence electrons. The number of aromatic nitrogens is 1. The molecule has 1 unspecified atom stereocenters. The number of rotatable bonds is 3. The number of primary amides is 1. The maximum Gasteiger partial charge on any atom is 0.240 e. The highest BCUT2D eigenvalue weighted by Gasteiger charge is 2.29. The zero-order valence-corrected chi connectivity index (χ0v) is 12.7. The fraction of sp³-hybridized carbons (Fsp3) is 0.500. The van der Waals surface area contributed by atoms with Crippen molar-refractivity contribution >= 4 is 28.8 Å². The van der Waals surface area contributed by atoms with Gasteiger partial charge in [-0.1, -0.05) is 12.2 Å². The molecule has 1 amide bonds. The van der Waals surface area contributed by atoms with Crippen LogP contribution in [0.2, 0.25) is 0 Å². The van der Waals surface area contributed by atoms with Gasteiger partial charge in [-0.25, -0.2) is 0 Å². The van der Waals surface area contributed by atoms with Crippen molar-refractivity contribution in [3.05, 3.63) is 23.0 Å². The summed E-state index contributed by atoms with van der Waals surface area (Å²) in [6.07, 6.45) is 2.81. The SMILES string of the molecule is Cc1cc(N2CCCCC2C(N)=O)c(C(N)=S)c(C)n1. The standard InChI is InChI=1S/C14H20N4OS/c1-8-7-11(12(14(16)20)9(2)17-8)18-6-4-3-5-10(18)13(15)19/h7,10H,3-6H2,1-2H3,(H2,15,19)(H2,16,20). The third kappa shape index (κ3) is 2.75. The molecule has 2 rings (SSSR count). The van der Waals surface area contributed by atoms with E-state index in [1.807, 2.05) is 24.8 Å². The largest absolute Gasteiger partial charge is 0.389 e. The van der Waals surface area contributed by atoms with Gasteiger partial charge in [-0.3, -0.25) is 9.78 Å². The Balaban J connectivity index is 2.54. The Morgan fingerprint density at radius 3 is 2.70 bits per heavy atom. The summed E-state index contributed by atoms with van der Waals surface area (Å²) in [6.45, 7) is 4.59. The van der Waals surface area contributed by atoms with Crippen molar-refractivity contribution in [2.45, 2.75) is 39.2 Å². The van der Waals surface area contributed by atoms with Crippen LogP contribution in [0.15, 0.2) is 6.07 Å². The molecular weight excluding hydrogens is 272 g/mol. The number of carbonyl (C=O) groups is 1. The lowest BCUT2D eigenvalue weighted by molar-refractivity contribution is -0.119. The highest BCUT2D eigenvalue weighted by molar-refractivity contribution is 7.80. The Labute approximate surface area is 124 Å². The van der Waals surface area contributed by atoms with Crippen LogP contribution in [0.3, 0.4) is 0 Å². The Morgan fingerprint density at radius 2 is 2.10 bits per heavy atom. The average molecular weight is 292 g/mol. The van der Waals surface area contributed by atoms with Gasteiger partial charge in [-0.2, -0.15) is 0 Å². The van der Waals surface area contributed by atoms with Crippen molar-refractivity contribution in [2.24, 2.45) is 11.5 Å². The topological polar surface area (TPSA) is 85.2 Å². The number of anilines is 1. The first-order valence-electron chi connectivity index (χ1n) is 6.76. The minimum Gasteiger partial charge on any atom is -0.389 e. The van der Waals surface area contributed by atoms with Gasteiger partial charge in [0.15, 0.2) is 0 Å². The lowest BCUT2D eigenvalue weighted by Gasteiger charge is -2.37. The number of carbonyl (C=O) groups excluding carboxylic acids is 1. The number of hydrogen-bond donors (Lipinski definition) is 2. The Morgan fingerprint density at radius 1 is 1.40 bits per heavy atom. The second-order valence-electron chi connectivity index (χ2n) is 5.21. The molecule has 0 aliphatic carbocycles. The molecule has 20 heavy (non-hydrogen) atoms. The quantitative estimate of drug-likeness (QED) is 0.817. The van der Waals surface area contributed by atoms with Gasteiger partial charge in [0.25, 0.3) is 0 Å². The van der Waals surface area contributed by atoms with E-state index < -0.39 is 0 Å². The minimum atomic E-state index is -0.300. The third-order valence-corrected chi connectivity index (χ3v) is 3.90. The summed E-state index contributed by atoms with van der Waals surface area (Å²) in [5.74, 6) is -0.300. The molecular formula is C14H20N4OS. The second kappa shape index (κ2) is 5.75. The maximum atomic E-state index is 11.7. The van der Waals surface area contributed by atoms with E-state index >= 15 is 0 Å². The summed E-state index contributed by atoms with van der Waals surface area (Å²) in [5, 5.41) is 0. The van der Waals surface area contributed by atoms with Crippen LogP contribution < -0.4 is 16.4 Å². The van der Waals surface area contributed by atoms with Crippen LogP contribution in [0.5, 0.6) is 0 Å². The smallest absolute Gasteiger partial charge is 0.240 e. The van der Waals surface area contributed by atoms with E-state index in [9.17, 15) is 4.79 Å². The molecule has 6 heteroatoms. The molecule has 1 aliphatic heterocycles. The molecule has 0 bridgehead atoms. The molecule has 0 radical (unpaired) electrons. The molecule has 1 aromatic heterocycles. The fourth-order valence-corrected chi connectivity index (χ4v) is 3.11. The summed E-state index contributed by atoms with van der Waals surface area (Å²) in [5.41, 5.74) is 14.7. The van der Waals surface area contributed by atoms with Gasteiger partial charge < -0.3 is 16.4 Å². The van der Waals surface area contributed by atoms with Crippen LogP contribution in [0.1, 0.15) is 36.2 Å². The number of amides is 1. The van der Waals surface area contributed by atoms with Crippen molar-refractivity contribution in [3.63, 3.8) is 0 Å². The van der Waals surface area contributed by atoms with E-state index in [0.717, 1.165) is 48.4 Å². The first-order chi connectivity index (χ1) is 9.41. The van der Waals surface area contributed by atoms with E-state index in [1.54, 1.807) is 0 Å². The molecule has 1 atom stereocenters. The summed E-state index contributed by atoms with van der Waals surface area (Å²) >= 11 is 5.15. The molecule has 0 spiro atoms. The fourth-order valence-electron chi connectivity index (χ4n) is 2.85. The summed E-state index contributed by atoms with van der Waals surface area (Å²) in [7, 11) is 0. The first kappa shape index (κ1) is 14.7. The minimum absolute atomic E-state index is 0.293. The van der Waals surface area contributed by atoms with Gasteiger partial charge in [0.1, 0.15) is 11.0 Å². The number of piperidine rings is 1. The van der Waals surface area contributed by atoms with Crippen molar-refractivity contribution in [1.82, 2.24) is 4.98 Å². The van der Waals surface area contributed by atoms with Crippen molar-refractivity contribution in [1.29, 1.82) is 0 Å². The van der Waals surface area contributed by atoms with Gasteiger partial charge >= 0.3 is 0 Å². The van der Waals surface area contributed by atoms with Crippen LogP contribution in [0.4, 0.5) is 5.69 Å². The molecule has 2 heterocycles. The number of nitrogens with two attached hydrogens (primary N) is 2. The van der Waals surface area contributed by atoms with Crippen LogP contribution in [0.25, 0.3) is 0 Å². The number of nitrogens with zero attached hydrogens (tertiary/aromatic N) is 2. The number of aryl methyl sites for hydroxylation is 2. The monoisotopic (exact) mass is 292 g/mol. The van der Waals surface area contributed by atoms with Gasteiger partial charge in [0.05, 0.1) is 11.3 Å². The predicted molar refractivity (Wildman–Crippen MR) is 83.8 cm³/mol. The van der Waals surface area contributed by atoms with Crippen molar-refractivity contribution < 1.29 is 4.79 Å². The zero-order valence-electron chi connectivity index (χ0n) is 11.8. The lowest BCUT2D eigenvalue weighted by atomic mass is 9.98. The van der Waals surface area contributed by atoms with Crippen LogP contribution in [-0.4, -0.2) is 28.5 Å². The summed E-state index contributed by atoms with van der Waals surface area (Å²) in [4.78, 5) is 18.4. The Hall–Kier alpha value is -1.69. The molecule has 1 saturated heterocycles. The van der Waals surface area contributed by atoms with Gasteiger partial charge in [-0.15, -0.1) is 0 Å². The highest BCUT2D eigenvalue weighted by Crippen LogP contribution is 2.30. The van der Waals surface area contributed by atoms with E-state index in [0.29, 0.717) is 4.99 Å². The lowest BCUT2D eigenvalue weighted by Crippen LogP contribution is -2.48. The van der Waals surface area contributed by atoms with E-state index in [1.165, 1.54) is 0 Å². The molecule has 1 aromatic rings. The zero-order chi connectivity index (χ0) is 14.9. The highest BCUT2D eigenvalue weighted by atomic mass is 32.1. The van der Waals surface area contributed by atoms with E-state index in [-0.39, 0.29) is 11.9 Å². The number of pyridine rings is 1. The molecule has 1 fully saturated rings. The van der Waals surface area contributed by atoms with Gasteiger partial charge in [-0.05, 0) is 39.2 Å². The maximum absolute atomic E-state index is 11.7. The van der Waals surface area contributed by atoms with Crippen LogP contribution in [-0.2, 0) is 4.79 Å². The van der Waals surface area contributed by atoms with Crippen molar-refractivity contribution in [3.8, 4) is 0 Å². The number of hydrogen-bond acceptors (Lipinski definition) is 4. The second-order valence-corrected chi connectivity index (χ2v) is 5.65. The van der Waals surface area contributed by atoms with Crippen LogP contribution >= 0.6 is 12.2 Å². The Bertz CT molecular complexity index is 558. The van der Waals surface area contributed by atoms with Crippen LogP contribution in [0, 0.1) is 13.8 Å². The normalized spacial score (nSPS) is 18.9.